The maximum atomic E-state index is 5.99. The van der Waals surface area contributed by atoms with Gasteiger partial charge in [-0.2, -0.15) is 0 Å². The predicted octanol–water partition coefficient (Wildman–Crippen LogP) is 3.24. The Morgan fingerprint density at radius 1 is 0.857 bits per heavy atom. The van der Waals surface area contributed by atoms with Gasteiger partial charge < -0.3 is 8.99 Å². The van der Waals surface area contributed by atoms with E-state index in [1.165, 1.54) is 0 Å². The van der Waals surface area contributed by atoms with Crippen molar-refractivity contribution < 1.29 is 4.43 Å². The van der Waals surface area contributed by atoms with Crippen molar-refractivity contribution in [3.63, 3.8) is 0 Å². The zero-order valence-electron chi connectivity index (χ0n) is 11.4. The molecule has 0 aliphatic carbocycles. The molecule has 0 fully saturated rings. The Morgan fingerprint density at radius 3 is 1.14 bits per heavy atom. The van der Waals surface area contributed by atoms with Crippen LogP contribution in [0.15, 0.2) is 0 Å². The van der Waals surface area contributed by atoms with E-state index in [1.54, 1.807) is 0 Å². The maximum Gasteiger partial charge on any atom is 0.281 e. The average Bonchev–Trinajstić information content (AvgIpc) is 1.80. The number of rotatable bonds is 2. The van der Waals surface area contributed by atoms with Gasteiger partial charge in [0.2, 0.25) is 0 Å². The first kappa shape index (κ1) is 14.1. The Labute approximate surface area is 90.8 Å². The highest BCUT2D eigenvalue weighted by molar-refractivity contribution is 6.76. The molecule has 0 aromatic carbocycles. The van der Waals surface area contributed by atoms with Gasteiger partial charge in [0.05, 0.1) is 0 Å². The lowest BCUT2D eigenvalue weighted by Gasteiger charge is -2.53. The molecule has 14 heavy (non-hydrogen) atoms. The lowest BCUT2D eigenvalue weighted by Crippen LogP contribution is -2.64. The Kier molecular flexibility index (Phi) is 3.99. The average molecular weight is 217 g/mol. The van der Waals surface area contributed by atoms with Crippen LogP contribution in [-0.2, 0) is 4.43 Å². The second-order valence-corrected chi connectivity index (χ2v) is 11.8. The number of hydrogen-bond donors (Lipinski definition) is 0. The van der Waals surface area contributed by atoms with E-state index < -0.39 is 8.48 Å². The van der Waals surface area contributed by atoms with E-state index in [0.29, 0.717) is 0 Å². The van der Waals surface area contributed by atoms with Crippen LogP contribution >= 0.6 is 0 Å². The van der Waals surface area contributed by atoms with Crippen LogP contribution in [0.4, 0.5) is 0 Å². The van der Waals surface area contributed by atoms with Crippen molar-refractivity contribution in [1.82, 2.24) is 4.57 Å². The third kappa shape index (κ3) is 2.04. The second-order valence-electron chi connectivity index (χ2n) is 6.24. The van der Waals surface area contributed by atoms with Crippen molar-refractivity contribution in [2.45, 2.75) is 51.6 Å². The van der Waals surface area contributed by atoms with Crippen LogP contribution in [0.1, 0.15) is 41.5 Å². The van der Waals surface area contributed by atoms with Crippen LogP contribution in [-0.4, -0.2) is 34.2 Å². The van der Waals surface area contributed by atoms with E-state index in [4.69, 9.17) is 4.43 Å². The van der Waals surface area contributed by atoms with Crippen LogP contribution in [0.3, 0.4) is 0 Å². The smallest absolute Gasteiger partial charge is 0.281 e. The molecule has 0 bridgehead atoms. The van der Waals surface area contributed by atoms with Crippen LogP contribution in [0.2, 0.25) is 10.1 Å². The quantitative estimate of drug-likeness (QED) is 0.659. The van der Waals surface area contributed by atoms with Gasteiger partial charge in [-0.3, -0.25) is 0 Å². The largest absolute Gasteiger partial charge is 0.406 e. The Balaban J connectivity index is 5.45. The summed E-state index contributed by atoms with van der Waals surface area (Å²) in [4.78, 5) is 0. The van der Waals surface area contributed by atoms with Gasteiger partial charge in [0.15, 0.2) is 0 Å². The maximum absolute atomic E-state index is 5.99. The number of nitrogens with zero attached hydrogens (tertiary/aromatic N) is 1. The zero-order valence-corrected chi connectivity index (χ0v) is 12.4. The topological polar surface area (TPSA) is 12.5 Å². The lowest BCUT2D eigenvalue weighted by molar-refractivity contribution is 0.263. The first-order valence-corrected chi connectivity index (χ1v) is 7.09. The van der Waals surface area contributed by atoms with E-state index in [0.717, 1.165) is 0 Å². The lowest BCUT2D eigenvalue weighted by atomic mass is 10.2. The molecule has 0 atom stereocenters. The summed E-state index contributed by atoms with van der Waals surface area (Å²) in [6.45, 7) is 13.7. The summed E-state index contributed by atoms with van der Waals surface area (Å²) in [5.74, 6) is 0. The van der Waals surface area contributed by atoms with Gasteiger partial charge in [0, 0.05) is 7.11 Å². The third-order valence-electron chi connectivity index (χ3n) is 2.96. The molecule has 0 radical (unpaired) electrons. The standard InChI is InChI=1S/C11H27NOSi/c1-10(2,3)14(13-9,12(7)8)11(4,5)6/h1-9H3. The van der Waals surface area contributed by atoms with Crippen molar-refractivity contribution in [2.24, 2.45) is 0 Å². The van der Waals surface area contributed by atoms with Crippen molar-refractivity contribution >= 4 is 8.48 Å². The van der Waals surface area contributed by atoms with E-state index >= 15 is 0 Å². The highest BCUT2D eigenvalue weighted by Gasteiger charge is 2.57. The van der Waals surface area contributed by atoms with Crippen molar-refractivity contribution in [3.05, 3.63) is 0 Å². The van der Waals surface area contributed by atoms with Crippen LogP contribution in [0.5, 0.6) is 0 Å². The molecule has 0 saturated carbocycles. The minimum absolute atomic E-state index is 0.212. The predicted molar refractivity (Wildman–Crippen MR) is 65.9 cm³/mol. The Hall–Kier alpha value is 0.137. The third-order valence-corrected chi connectivity index (χ3v) is 8.88. The first-order valence-electron chi connectivity index (χ1n) is 5.23. The summed E-state index contributed by atoms with van der Waals surface area (Å²) < 4.78 is 8.32. The van der Waals surface area contributed by atoms with Crippen LogP contribution < -0.4 is 0 Å². The minimum Gasteiger partial charge on any atom is -0.406 e. The molecule has 0 aliphatic rings. The summed E-state index contributed by atoms with van der Waals surface area (Å²) in [5, 5.41) is 0.424. The van der Waals surface area contributed by atoms with Crippen LogP contribution in [0.25, 0.3) is 0 Å². The van der Waals surface area contributed by atoms with Gasteiger partial charge in [-0.1, -0.05) is 41.5 Å². The molecule has 0 heterocycles. The van der Waals surface area contributed by atoms with Gasteiger partial charge in [0.25, 0.3) is 8.48 Å². The molecule has 2 nitrogen and oxygen atoms in total. The zero-order chi connectivity index (χ0) is 11.8. The van der Waals surface area contributed by atoms with E-state index in [9.17, 15) is 0 Å². The fourth-order valence-corrected chi connectivity index (χ4v) is 9.78. The summed E-state index contributed by atoms with van der Waals surface area (Å²) in [6.07, 6.45) is 0. The normalized spacial score (nSPS) is 15.0. The first-order chi connectivity index (χ1) is 6.00. The Morgan fingerprint density at radius 2 is 1.14 bits per heavy atom. The molecule has 0 unspecified atom stereocenters. The molecule has 0 amide bonds. The van der Waals surface area contributed by atoms with Crippen LogP contribution in [0, 0.1) is 0 Å². The van der Waals surface area contributed by atoms with Gasteiger partial charge in [0.1, 0.15) is 0 Å². The molecule has 0 spiro atoms. The Bertz CT molecular complexity index is 174. The summed E-state index contributed by atoms with van der Waals surface area (Å²) >= 11 is 0. The monoisotopic (exact) mass is 217 g/mol. The van der Waals surface area contributed by atoms with Crippen molar-refractivity contribution in [3.8, 4) is 0 Å². The van der Waals surface area contributed by atoms with Crippen molar-refractivity contribution in [2.75, 3.05) is 21.2 Å². The minimum atomic E-state index is -1.92. The SMILES string of the molecule is CO[Si](N(C)C)(C(C)(C)C)C(C)(C)C. The van der Waals surface area contributed by atoms with E-state index in [2.05, 4.69) is 60.2 Å². The molecule has 3 heteroatoms. The molecule has 86 valence electrons. The van der Waals surface area contributed by atoms with E-state index in [-0.39, 0.29) is 10.1 Å². The fourth-order valence-electron chi connectivity index (χ4n) is 3.26. The van der Waals surface area contributed by atoms with E-state index in [1.807, 2.05) is 7.11 Å². The molecule has 0 aromatic rings. The molecule has 0 aromatic heterocycles. The second kappa shape index (κ2) is 3.95. The molecule has 0 saturated heterocycles. The molecular weight excluding hydrogens is 190 g/mol. The molecule has 0 N–H and O–H groups in total. The van der Waals surface area contributed by atoms with Gasteiger partial charge in [-0.25, -0.2) is 0 Å². The molecular formula is C11H27NOSi. The van der Waals surface area contributed by atoms with Gasteiger partial charge in [-0.05, 0) is 24.2 Å². The summed E-state index contributed by atoms with van der Waals surface area (Å²) in [6, 6.07) is 0. The summed E-state index contributed by atoms with van der Waals surface area (Å²) in [7, 11) is 4.24. The molecule has 0 rings (SSSR count). The highest BCUT2D eigenvalue weighted by Crippen LogP contribution is 2.51. The fraction of sp³-hybridized carbons (Fsp3) is 1.00. The summed E-state index contributed by atoms with van der Waals surface area (Å²) in [5.41, 5.74) is 0. The van der Waals surface area contributed by atoms with Gasteiger partial charge >= 0.3 is 0 Å². The van der Waals surface area contributed by atoms with Gasteiger partial charge in [-0.15, -0.1) is 0 Å². The molecule has 0 aliphatic heterocycles. The highest BCUT2D eigenvalue weighted by atomic mass is 28.4. The number of hydrogen-bond acceptors (Lipinski definition) is 2. The van der Waals surface area contributed by atoms with Crippen molar-refractivity contribution in [1.29, 1.82) is 0 Å².